The highest BCUT2D eigenvalue weighted by Crippen LogP contribution is 2.31. The predicted octanol–water partition coefficient (Wildman–Crippen LogP) is 2.83. The standard InChI is InChI=1S/C17H30N4O2/c1-5-10-21-11-9-19-14(21)12-18-13-17(7-6-8-17)20-15(22)23-16(2,3)4/h9,11,18H,5-8,10,12-13H2,1-4H3,(H,20,22). The summed E-state index contributed by atoms with van der Waals surface area (Å²) in [6.07, 6.45) is 7.73. The molecule has 0 spiro atoms. The largest absolute Gasteiger partial charge is 0.444 e. The van der Waals surface area contributed by atoms with E-state index in [2.05, 4.69) is 27.1 Å². The molecule has 23 heavy (non-hydrogen) atoms. The Morgan fingerprint density at radius 1 is 1.43 bits per heavy atom. The summed E-state index contributed by atoms with van der Waals surface area (Å²) in [6, 6.07) is 0. The fourth-order valence-corrected chi connectivity index (χ4v) is 2.83. The lowest BCUT2D eigenvalue weighted by molar-refractivity contribution is 0.0382. The number of amides is 1. The highest BCUT2D eigenvalue weighted by molar-refractivity contribution is 5.69. The highest BCUT2D eigenvalue weighted by atomic mass is 16.6. The molecule has 1 aliphatic rings. The first-order chi connectivity index (χ1) is 10.8. The summed E-state index contributed by atoms with van der Waals surface area (Å²) in [5, 5.41) is 6.50. The fourth-order valence-electron chi connectivity index (χ4n) is 2.83. The van der Waals surface area contributed by atoms with Crippen molar-refractivity contribution in [3.05, 3.63) is 18.2 Å². The van der Waals surface area contributed by atoms with Gasteiger partial charge in [0, 0.05) is 25.5 Å². The Balaban J connectivity index is 1.82. The van der Waals surface area contributed by atoms with E-state index in [4.69, 9.17) is 4.74 Å². The molecule has 0 atom stereocenters. The van der Waals surface area contributed by atoms with Crippen molar-refractivity contribution in [2.24, 2.45) is 0 Å². The third kappa shape index (κ3) is 5.23. The number of hydrogen-bond acceptors (Lipinski definition) is 4. The molecule has 6 nitrogen and oxygen atoms in total. The van der Waals surface area contributed by atoms with Crippen molar-refractivity contribution in [2.75, 3.05) is 6.54 Å². The average molecular weight is 322 g/mol. The third-order valence-electron chi connectivity index (χ3n) is 4.09. The molecular formula is C17H30N4O2. The molecule has 1 saturated carbocycles. The van der Waals surface area contributed by atoms with Gasteiger partial charge in [0.2, 0.25) is 0 Å². The van der Waals surface area contributed by atoms with Crippen LogP contribution >= 0.6 is 0 Å². The van der Waals surface area contributed by atoms with E-state index in [-0.39, 0.29) is 11.6 Å². The molecule has 0 aliphatic heterocycles. The van der Waals surface area contributed by atoms with Crippen LogP contribution in [0.5, 0.6) is 0 Å². The lowest BCUT2D eigenvalue weighted by Gasteiger charge is -2.42. The first-order valence-electron chi connectivity index (χ1n) is 8.55. The van der Waals surface area contributed by atoms with Crippen molar-refractivity contribution in [1.82, 2.24) is 20.2 Å². The van der Waals surface area contributed by atoms with Gasteiger partial charge in [0.15, 0.2) is 0 Å². The molecule has 1 heterocycles. The van der Waals surface area contributed by atoms with Crippen LogP contribution < -0.4 is 10.6 Å². The minimum absolute atomic E-state index is 0.176. The monoisotopic (exact) mass is 322 g/mol. The predicted molar refractivity (Wildman–Crippen MR) is 90.2 cm³/mol. The van der Waals surface area contributed by atoms with Gasteiger partial charge in [0.1, 0.15) is 11.4 Å². The minimum Gasteiger partial charge on any atom is -0.444 e. The lowest BCUT2D eigenvalue weighted by atomic mass is 9.76. The van der Waals surface area contributed by atoms with Crippen LogP contribution in [0, 0.1) is 0 Å². The van der Waals surface area contributed by atoms with Gasteiger partial charge in [-0.15, -0.1) is 0 Å². The van der Waals surface area contributed by atoms with Crippen molar-refractivity contribution in [2.45, 2.75) is 77.6 Å². The van der Waals surface area contributed by atoms with E-state index >= 15 is 0 Å². The maximum atomic E-state index is 12.0. The van der Waals surface area contributed by atoms with Crippen LogP contribution in [-0.4, -0.2) is 33.3 Å². The summed E-state index contributed by atoms with van der Waals surface area (Å²) in [4.78, 5) is 16.4. The second-order valence-electron chi connectivity index (χ2n) is 7.40. The summed E-state index contributed by atoms with van der Waals surface area (Å²) in [6.45, 7) is 10.2. The normalized spacial score (nSPS) is 16.7. The maximum absolute atomic E-state index is 12.0. The molecule has 2 rings (SSSR count). The van der Waals surface area contributed by atoms with Gasteiger partial charge >= 0.3 is 6.09 Å². The molecule has 1 amide bonds. The maximum Gasteiger partial charge on any atom is 0.408 e. The number of ether oxygens (including phenoxy) is 1. The van der Waals surface area contributed by atoms with Crippen LogP contribution in [0.25, 0.3) is 0 Å². The van der Waals surface area contributed by atoms with Crippen LogP contribution in [0.4, 0.5) is 4.79 Å². The molecule has 0 unspecified atom stereocenters. The summed E-state index contributed by atoms with van der Waals surface area (Å²) in [7, 11) is 0. The number of aryl methyl sites for hydroxylation is 1. The van der Waals surface area contributed by atoms with Crippen molar-refractivity contribution >= 4 is 6.09 Å². The Labute approximate surface area is 139 Å². The molecule has 1 fully saturated rings. The molecule has 0 saturated heterocycles. The van der Waals surface area contributed by atoms with Gasteiger partial charge in [0.25, 0.3) is 0 Å². The molecule has 1 aromatic rings. The van der Waals surface area contributed by atoms with Crippen molar-refractivity contribution in [3.8, 4) is 0 Å². The number of nitrogens with zero attached hydrogens (tertiary/aromatic N) is 2. The van der Waals surface area contributed by atoms with Gasteiger partial charge in [-0.2, -0.15) is 0 Å². The van der Waals surface area contributed by atoms with E-state index in [0.717, 1.165) is 44.6 Å². The summed E-state index contributed by atoms with van der Waals surface area (Å²) < 4.78 is 7.55. The molecule has 6 heteroatoms. The third-order valence-corrected chi connectivity index (χ3v) is 4.09. The van der Waals surface area contributed by atoms with Crippen LogP contribution in [0.2, 0.25) is 0 Å². The van der Waals surface area contributed by atoms with Crippen LogP contribution in [0.1, 0.15) is 59.2 Å². The Kier molecular flexibility index (Phi) is 5.68. The van der Waals surface area contributed by atoms with Crippen molar-refractivity contribution in [1.29, 1.82) is 0 Å². The van der Waals surface area contributed by atoms with Crippen molar-refractivity contribution < 1.29 is 9.53 Å². The Morgan fingerprint density at radius 2 is 2.17 bits per heavy atom. The Hall–Kier alpha value is -1.56. The van der Waals surface area contributed by atoms with Gasteiger partial charge < -0.3 is 19.9 Å². The molecule has 0 radical (unpaired) electrons. The van der Waals surface area contributed by atoms with Gasteiger partial charge in [0.05, 0.1) is 12.1 Å². The van der Waals surface area contributed by atoms with Crippen LogP contribution in [0.15, 0.2) is 12.4 Å². The smallest absolute Gasteiger partial charge is 0.408 e. The molecule has 2 N–H and O–H groups in total. The zero-order valence-electron chi connectivity index (χ0n) is 14.8. The van der Waals surface area contributed by atoms with Gasteiger partial charge in [-0.1, -0.05) is 6.92 Å². The first-order valence-corrected chi connectivity index (χ1v) is 8.55. The zero-order chi connectivity index (χ0) is 16.9. The minimum atomic E-state index is -0.465. The summed E-state index contributed by atoms with van der Waals surface area (Å²) in [5.41, 5.74) is -0.641. The zero-order valence-corrected chi connectivity index (χ0v) is 14.8. The molecule has 0 aromatic carbocycles. The van der Waals surface area contributed by atoms with E-state index < -0.39 is 5.60 Å². The van der Waals surface area contributed by atoms with Gasteiger partial charge in [-0.25, -0.2) is 9.78 Å². The van der Waals surface area contributed by atoms with Crippen LogP contribution in [0.3, 0.4) is 0 Å². The quantitative estimate of drug-likeness (QED) is 0.810. The number of aromatic nitrogens is 2. The number of hydrogen-bond donors (Lipinski definition) is 2. The number of rotatable bonds is 7. The number of carbonyl (C=O) groups excluding carboxylic acids is 1. The number of imidazole rings is 1. The Bertz CT molecular complexity index is 515. The van der Waals surface area contributed by atoms with E-state index in [1.165, 1.54) is 0 Å². The SMILES string of the molecule is CCCn1ccnc1CNCC1(NC(=O)OC(C)(C)C)CCC1. The summed E-state index contributed by atoms with van der Waals surface area (Å²) in [5.74, 6) is 1.04. The number of alkyl carbamates (subject to hydrolysis) is 1. The van der Waals surface area contributed by atoms with E-state index in [0.29, 0.717) is 6.54 Å². The van der Waals surface area contributed by atoms with Gasteiger partial charge in [-0.05, 0) is 46.5 Å². The molecule has 0 bridgehead atoms. The summed E-state index contributed by atoms with van der Waals surface area (Å²) >= 11 is 0. The molecule has 1 aromatic heterocycles. The molecule has 130 valence electrons. The lowest BCUT2D eigenvalue weighted by Crippen LogP contribution is -2.59. The van der Waals surface area contributed by atoms with Gasteiger partial charge in [-0.3, -0.25) is 0 Å². The van der Waals surface area contributed by atoms with Crippen LogP contribution in [-0.2, 0) is 17.8 Å². The van der Waals surface area contributed by atoms with Crippen molar-refractivity contribution in [3.63, 3.8) is 0 Å². The second kappa shape index (κ2) is 7.34. The number of nitrogens with one attached hydrogen (secondary N) is 2. The fraction of sp³-hybridized carbons (Fsp3) is 0.765. The first kappa shape index (κ1) is 17.8. The average Bonchev–Trinajstić information content (AvgIpc) is 2.81. The van der Waals surface area contributed by atoms with E-state index in [1.54, 1.807) is 0 Å². The topological polar surface area (TPSA) is 68.2 Å². The molecular weight excluding hydrogens is 292 g/mol. The van der Waals surface area contributed by atoms with E-state index in [9.17, 15) is 4.79 Å². The second-order valence-corrected chi connectivity index (χ2v) is 7.40. The highest BCUT2D eigenvalue weighted by Gasteiger charge is 2.39. The Morgan fingerprint density at radius 3 is 2.74 bits per heavy atom. The molecule has 1 aliphatic carbocycles. The van der Waals surface area contributed by atoms with E-state index in [1.807, 2.05) is 33.2 Å². The number of carbonyl (C=O) groups is 1.